The Morgan fingerprint density at radius 3 is 1.84 bits per heavy atom. The van der Waals surface area contributed by atoms with Crippen LogP contribution < -0.4 is 0 Å². The van der Waals surface area contributed by atoms with Crippen molar-refractivity contribution >= 4 is 47.7 Å². The lowest BCUT2D eigenvalue weighted by Gasteiger charge is -2.37. The molecule has 2 aromatic heterocycles. The third-order valence-corrected chi connectivity index (χ3v) is 16.4. The third-order valence-electron chi connectivity index (χ3n) is 16.4. The number of amides is 2. The average molecular weight is 1030 g/mol. The van der Waals surface area contributed by atoms with Gasteiger partial charge in [0.05, 0.1) is 58.3 Å². The van der Waals surface area contributed by atoms with Crippen LogP contribution in [-0.2, 0) is 34.5 Å². The lowest BCUT2D eigenvalue weighted by atomic mass is 9.49. The van der Waals surface area contributed by atoms with Crippen LogP contribution in [0, 0.1) is 18.3 Å². The molecular formula is C60H74B2N6O8. The topological polar surface area (TPSA) is 153 Å². The van der Waals surface area contributed by atoms with Gasteiger partial charge in [0.15, 0.2) is 0 Å². The van der Waals surface area contributed by atoms with E-state index in [4.69, 9.17) is 44.5 Å². The van der Waals surface area contributed by atoms with E-state index in [1.54, 1.807) is 4.90 Å². The van der Waals surface area contributed by atoms with Gasteiger partial charge < -0.3 is 38.1 Å². The average Bonchev–Trinajstić information content (AvgIpc) is 4.22. The summed E-state index contributed by atoms with van der Waals surface area (Å²) in [5.74, 6) is 4.37. The largest absolute Gasteiger partial charge is 0.489 e. The number of hydrogen-bond acceptors (Lipinski definition) is 10. The number of aromatic amines is 2. The summed E-state index contributed by atoms with van der Waals surface area (Å²) >= 11 is 0. The molecule has 2 N–H and O–H groups in total. The summed E-state index contributed by atoms with van der Waals surface area (Å²) in [5, 5.41) is 4.32. The maximum absolute atomic E-state index is 13.6. The number of aromatic nitrogens is 4. The first kappa shape index (κ1) is 53.3. The molecule has 0 saturated carbocycles. The fourth-order valence-electron chi connectivity index (χ4n) is 11.3. The molecule has 16 heteroatoms. The molecule has 76 heavy (non-hydrogen) atoms. The second-order valence-corrected chi connectivity index (χ2v) is 25.3. The Hall–Kier alpha value is -6.11. The monoisotopic (exact) mass is 1030 g/mol. The van der Waals surface area contributed by atoms with Gasteiger partial charge in [-0.05, 0) is 191 Å². The van der Waals surface area contributed by atoms with Crippen LogP contribution in [0.4, 0.5) is 9.59 Å². The van der Waals surface area contributed by atoms with Crippen LogP contribution in [0.3, 0.4) is 0 Å². The molecule has 4 fully saturated rings. The van der Waals surface area contributed by atoms with Gasteiger partial charge in [0, 0.05) is 36.6 Å². The molecule has 0 radical (unpaired) electrons. The number of imidazole rings is 2. The standard InChI is InChI=1S/C60H74B2N6O8/c1-16-17-37-26-50(67(35-37)53(69)71-55(3,4)5)52-64-34-48(66-52)44-29-42-23-21-41(31-46(42)45(30-44)32-60(15)59(13,14)75-62(76-60)61-73-57(9,10)58(11,12)74-61)39-19-20-40-28-43(24-22-38(40)27-39)47-33-63-51(65-47)49-25-18-36(2)68(49)54(70)72-56(6,7)8/h1,19-24,27-31,33-34,36-37,49-50H,17-18,25-26,32,35H2,2-15H3,(H,63,65)(H,64,66)/t36-,37-,49+,50?,60?/m1/s1. The summed E-state index contributed by atoms with van der Waals surface area (Å²) in [4.78, 5) is 47.3. The highest BCUT2D eigenvalue weighted by molar-refractivity contribution is 7.11. The van der Waals surface area contributed by atoms with E-state index in [1.165, 1.54) is 0 Å². The highest BCUT2D eigenvalue weighted by Gasteiger charge is 2.65. The number of ether oxygens (including phenoxy) is 2. The van der Waals surface area contributed by atoms with Crippen LogP contribution >= 0.6 is 0 Å². The minimum absolute atomic E-state index is 0.0510. The van der Waals surface area contributed by atoms with Crippen molar-refractivity contribution in [1.82, 2.24) is 29.7 Å². The zero-order valence-corrected chi connectivity index (χ0v) is 46.8. The lowest BCUT2D eigenvalue weighted by molar-refractivity contribution is -0.00853. The summed E-state index contributed by atoms with van der Waals surface area (Å²) in [6.07, 6.45) is 12.2. The summed E-state index contributed by atoms with van der Waals surface area (Å²) < 4.78 is 38.3. The van der Waals surface area contributed by atoms with Gasteiger partial charge in [-0.15, -0.1) is 12.3 Å². The van der Waals surface area contributed by atoms with Gasteiger partial charge >= 0.3 is 26.2 Å². The third kappa shape index (κ3) is 10.3. The normalized spacial score (nSPS) is 24.2. The first-order valence-corrected chi connectivity index (χ1v) is 27.0. The molecule has 5 atom stereocenters. The van der Waals surface area contributed by atoms with Gasteiger partial charge in [-0.25, -0.2) is 19.6 Å². The summed E-state index contributed by atoms with van der Waals surface area (Å²) in [6.45, 7) is 28.2. The van der Waals surface area contributed by atoms with E-state index < -0.39 is 47.6 Å². The maximum atomic E-state index is 13.6. The van der Waals surface area contributed by atoms with Crippen molar-refractivity contribution in [1.29, 1.82) is 0 Å². The van der Waals surface area contributed by atoms with Crippen molar-refractivity contribution in [2.24, 2.45) is 5.92 Å². The van der Waals surface area contributed by atoms with E-state index in [1.807, 2.05) is 86.5 Å². The quantitative estimate of drug-likeness (QED) is 0.106. The van der Waals surface area contributed by atoms with Crippen LogP contribution in [0.1, 0.15) is 152 Å². The number of carbonyl (C=O) groups excluding carboxylic acids is 2. The van der Waals surface area contributed by atoms with E-state index in [2.05, 4.69) is 110 Å². The van der Waals surface area contributed by atoms with E-state index >= 15 is 0 Å². The van der Waals surface area contributed by atoms with Crippen molar-refractivity contribution in [3.8, 4) is 46.0 Å². The second kappa shape index (κ2) is 19.1. The predicted octanol–water partition coefficient (Wildman–Crippen LogP) is 13.0. The molecule has 10 rings (SSSR count). The molecule has 0 spiro atoms. The molecule has 4 aliphatic rings. The van der Waals surface area contributed by atoms with Crippen molar-refractivity contribution in [2.75, 3.05) is 6.54 Å². The Balaban J connectivity index is 0.974. The van der Waals surface area contributed by atoms with Crippen LogP contribution in [0.2, 0.25) is 0 Å². The highest BCUT2D eigenvalue weighted by Crippen LogP contribution is 2.47. The van der Waals surface area contributed by atoms with Crippen LogP contribution in [-0.4, -0.2) is 102 Å². The second-order valence-electron chi connectivity index (χ2n) is 25.3. The molecule has 6 aromatic rings. The fourth-order valence-corrected chi connectivity index (χ4v) is 11.3. The molecule has 2 amide bonds. The molecule has 0 aliphatic carbocycles. The van der Waals surface area contributed by atoms with Crippen molar-refractivity contribution in [2.45, 2.75) is 181 Å². The Morgan fingerprint density at radius 2 is 1.21 bits per heavy atom. The number of H-pyrrole nitrogens is 2. The van der Waals surface area contributed by atoms with Gasteiger partial charge in [0.25, 0.3) is 0 Å². The summed E-state index contributed by atoms with van der Waals surface area (Å²) in [5.41, 5.74) is 2.99. The van der Waals surface area contributed by atoms with Crippen molar-refractivity contribution in [3.05, 3.63) is 96.3 Å². The first-order valence-electron chi connectivity index (χ1n) is 27.0. The molecular weight excluding hydrogens is 954 g/mol. The first-order chi connectivity index (χ1) is 35.6. The van der Waals surface area contributed by atoms with Crippen molar-refractivity contribution < 1.29 is 37.7 Å². The van der Waals surface area contributed by atoms with E-state index in [0.717, 1.165) is 79.4 Å². The molecule has 398 valence electrons. The van der Waals surface area contributed by atoms with Crippen LogP contribution in [0.15, 0.2) is 79.1 Å². The highest BCUT2D eigenvalue weighted by atomic mass is 16.7. The zero-order chi connectivity index (χ0) is 54.5. The Bertz CT molecular complexity index is 3240. The number of terminal acetylenes is 1. The minimum atomic E-state index is -0.811. The number of rotatable bonds is 9. The molecule has 0 bridgehead atoms. The maximum Gasteiger partial charge on any atom is 0.489 e. The van der Waals surface area contributed by atoms with E-state index in [0.29, 0.717) is 31.6 Å². The number of hydrogen-bond donors (Lipinski definition) is 2. The lowest BCUT2D eigenvalue weighted by Crippen LogP contribution is -2.46. The Kier molecular flexibility index (Phi) is 13.4. The number of nitrogens with one attached hydrogen (secondary N) is 2. The van der Waals surface area contributed by atoms with Gasteiger partial charge in [-0.2, -0.15) is 0 Å². The number of nitrogens with zero attached hydrogens (tertiary/aromatic N) is 4. The zero-order valence-electron chi connectivity index (χ0n) is 46.8. The van der Waals surface area contributed by atoms with E-state index in [9.17, 15) is 9.59 Å². The number of carbonyl (C=O) groups is 2. The fraction of sp³-hybridized carbons (Fsp3) is 0.500. The predicted molar refractivity (Wildman–Crippen MR) is 299 cm³/mol. The molecule has 6 heterocycles. The van der Waals surface area contributed by atoms with Gasteiger partial charge in [0.1, 0.15) is 22.9 Å². The molecule has 4 aliphatic heterocycles. The Labute approximate surface area is 448 Å². The molecule has 14 nitrogen and oxygen atoms in total. The molecule has 4 aromatic carbocycles. The van der Waals surface area contributed by atoms with Gasteiger partial charge in [0.2, 0.25) is 0 Å². The summed E-state index contributed by atoms with van der Waals surface area (Å²) in [6, 6.07) is 23.6. The number of fused-ring (bicyclic) bond motifs is 2. The number of benzene rings is 4. The van der Waals surface area contributed by atoms with Crippen LogP contribution in [0.25, 0.3) is 55.2 Å². The summed E-state index contributed by atoms with van der Waals surface area (Å²) in [7, 11) is -1.46. The van der Waals surface area contributed by atoms with Gasteiger partial charge in [-0.3, -0.25) is 9.80 Å². The smallest absolute Gasteiger partial charge is 0.444 e. The number of likely N-dealkylation sites (tertiary alicyclic amines) is 2. The SMILES string of the molecule is C#CC[C@@H]1CC(c2ncc(-c3cc(CC4(C)OB(B5OC(C)(C)C(C)(C)O5)OC4(C)C)c4cc(-c5ccc6cc(-c7cnc([C@@H]8CC[C@@H](C)N8C(=O)OC(C)(C)C)[nH]7)ccc6c5)ccc4c3)[nH]2)N(C(=O)OC(C)(C)C)C1. The van der Waals surface area contributed by atoms with Crippen LogP contribution in [0.5, 0.6) is 0 Å². The molecule has 4 saturated heterocycles. The molecule has 2 unspecified atom stereocenters. The van der Waals surface area contributed by atoms with Crippen molar-refractivity contribution in [3.63, 3.8) is 0 Å². The van der Waals surface area contributed by atoms with Gasteiger partial charge in [-0.1, -0.05) is 36.4 Å². The van der Waals surface area contributed by atoms with E-state index in [-0.39, 0.29) is 36.2 Å². The minimum Gasteiger partial charge on any atom is -0.444 e. The Morgan fingerprint density at radius 1 is 0.684 bits per heavy atom.